The number of carbonyl (C=O) groups is 1. The Balaban J connectivity index is 1.72. The highest BCUT2D eigenvalue weighted by atomic mass is 16.5. The number of amides is 1. The number of fused-ring (bicyclic) bond motifs is 2. The van der Waals surface area contributed by atoms with Gasteiger partial charge in [0.2, 0.25) is 5.76 Å². The molecule has 5 rings (SSSR count). The van der Waals surface area contributed by atoms with E-state index in [0.717, 1.165) is 5.56 Å². The fourth-order valence-corrected chi connectivity index (χ4v) is 4.35. The maximum Gasteiger partial charge on any atom is 0.296 e. The van der Waals surface area contributed by atoms with Gasteiger partial charge in [-0.1, -0.05) is 32.0 Å². The largest absolute Gasteiger partial charge is 0.493 e. The SMILES string of the molecule is COc1cc([C@@H]2c3c(oc4ccccc4c3=O)C(=O)N2c2cc(C)ccn2)ccc1OCC(C)C. The van der Waals surface area contributed by atoms with Crippen LogP contribution in [0.4, 0.5) is 5.82 Å². The van der Waals surface area contributed by atoms with Gasteiger partial charge < -0.3 is 13.9 Å². The monoisotopic (exact) mass is 470 g/mol. The van der Waals surface area contributed by atoms with Crippen LogP contribution in [0.1, 0.15) is 47.1 Å². The predicted molar refractivity (Wildman–Crippen MR) is 133 cm³/mol. The molecule has 0 N–H and O–H groups in total. The molecule has 7 heteroatoms. The maximum absolute atomic E-state index is 13.7. The fourth-order valence-electron chi connectivity index (χ4n) is 4.35. The fraction of sp³-hybridized carbons (Fsp3) is 0.250. The van der Waals surface area contributed by atoms with Crippen LogP contribution in [0.5, 0.6) is 11.5 Å². The number of rotatable bonds is 6. The molecule has 1 aliphatic heterocycles. The molecule has 4 aromatic rings. The van der Waals surface area contributed by atoms with Crippen molar-refractivity contribution in [3.05, 3.63) is 93.5 Å². The second-order valence-corrected chi connectivity index (χ2v) is 9.05. The van der Waals surface area contributed by atoms with Gasteiger partial charge in [-0.15, -0.1) is 0 Å². The van der Waals surface area contributed by atoms with Gasteiger partial charge in [-0.25, -0.2) is 4.98 Å². The standard InChI is InChI=1S/C28H26N2O5/c1-16(2)15-34-21-10-9-18(14-22(21)33-4)25-24-26(31)19-7-5-6-8-20(19)35-27(24)28(32)30(25)23-13-17(3)11-12-29-23/h5-14,16,25H,15H2,1-4H3/t25-/m1/s1. The van der Waals surface area contributed by atoms with E-state index in [-0.39, 0.29) is 16.8 Å². The summed E-state index contributed by atoms with van der Waals surface area (Å²) < 4.78 is 17.5. The minimum Gasteiger partial charge on any atom is -0.493 e. The van der Waals surface area contributed by atoms with Crippen molar-refractivity contribution < 1.29 is 18.7 Å². The molecular weight excluding hydrogens is 444 g/mol. The molecule has 1 aliphatic rings. The van der Waals surface area contributed by atoms with E-state index in [2.05, 4.69) is 18.8 Å². The molecule has 2 aromatic heterocycles. The van der Waals surface area contributed by atoms with Crippen molar-refractivity contribution in [1.82, 2.24) is 4.98 Å². The second kappa shape index (κ2) is 8.91. The molecule has 0 aliphatic carbocycles. The second-order valence-electron chi connectivity index (χ2n) is 9.05. The van der Waals surface area contributed by atoms with Gasteiger partial charge in [-0.3, -0.25) is 14.5 Å². The molecule has 3 heterocycles. The molecule has 0 bridgehead atoms. The number of pyridine rings is 1. The van der Waals surface area contributed by atoms with E-state index in [4.69, 9.17) is 13.9 Å². The van der Waals surface area contributed by atoms with Gasteiger partial charge in [0.15, 0.2) is 16.9 Å². The topological polar surface area (TPSA) is 81.9 Å². The van der Waals surface area contributed by atoms with E-state index >= 15 is 0 Å². The molecule has 0 saturated heterocycles. The number of methoxy groups -OCH3 is 1. The molecule has 2 aromatic carbocycles. The van der Waals surface area contributed by atoms with Gasteiger partial charge in [0.05, 0.1) is 30.7 Å². The Morgan fingerprint density at radius 3 is 2.60 bits per heavy atom. The van der Waals surface area contributed by atoms with Crippen LogP contribution in [-0.2, 0) is 0 Å². The van der Waals surface area contributed by atoms with Crippen LogP contribution >= 0.6 is 0 Å². The summed E-state index contributed by atoms with van der Waals surface area (Å²) in [5.41, 5.74) is 2.05. The van der Waals surface area contributed by atoms with Crippen molar-refractivity contribution in [3.8, 4) is 11.5 Å². The zero-order chi connectivity index (χ0) is 24.7. The van der Waals surface area contributed by atoms with Crippen molar-refractivity contribution in [1.29, 1.82) is 0 Å². The number of nitrogens with zero attached hydrogens (tertiary/aromatic N) is 2. The smallest absolute Gasteiger partial charge is 0.296 e. The van der Waals surface area contributed by atoms with Crippen molar-refractivity contribution >= 4 is 22.7 Å². The summed E-state index contributed by atoms with van der Waals surface area (Å²) >= 11 is 0. The third-order valence-corrected chi connectivity index (χ3v) is 6.00. The van der Waals surface area contributed by atoms with Crippen LogP contribution < -0.4 is 19.8 Å². The van der Waals surface area contributed by atoms with E-state index in [9.17, 15) is 9.59 Å². The molecule has 0 fully saturated rings. The zero-order valence-corrected chi connectivity index (χ0v) is 20.1. The van der Waals surface area contributed by atoms with Crippen molar-refractivity contribution in [2.45, 2.75) is 26.8 Å². The molecule has 0 radical (unpaired) electrons. The van der Waals surface area contributed by atoms with E-state index in [1.54, 1.807) is 43.6 Å². The Kier molecular flexibility index (Phi) is 5.76. The Morgan fingerprint density at radius 2 is 1.86 bits per heavy atom. The van der Waals surface area contributed by atoms with E-state index < -0.39 is 11.9 Å². The number of hydrogen-bond acceptors (Lipinski definition) is 6. The van der Waals surface area contributed by atoms with Gasteiger partial charge >= 0.3 is 0 Å². The number of anilines is 1. The summed E-state index contributed by atoms with van der Waals surface area (Å²) in [6.07, 6.45) is 1.65. The lowest BCUT2D eigenvalue weighted by Gasteiger charge is -2.25. The van der Waals surface area contributed by atoms with E-state index in [0.29, 0.717) is 46.4 Å². The van der Waals surface area contributed by atoms with Crippen molar-refractivity contribution in [2.75, 3.05) is 18.6 Å². The van der Waals surface area contributed by atoms with Crippen molar-refractivity contribution in [2.24, 2.45) is 5.92 Å². The lowest BCUT2D eigenvalue weighted by molar-refractivity contribution is 0.0970. The van der Waals surface area contributed by atoms with E-state index in [1.165, 1.54) is 4.90 Å². The first kappa shape index (κ1) is 22.7. The quantitative estimate of drug-likeness (QED) is 0.381. The van der Waals surface area contributed by atoms with Crippen LogP contribution in [0.15, 0.2) is 70.0 Å². The third kappa shape index (κ3) is 3.93. The van der Waals surface area contributed by atoms with Gasteiger partial charge in [-0.05, 0) is 60.4 Å². The highest BCUT2D eigenvalue weighted by Crippen LogP contribution is 2.42. The summed E-state index contributed by atoms with van der Waals surface area (Å²) in [7, 11) is 1.57. The Morgan fingerprint density at radius 1 is 1.06 bits per heavy atom. The summed E-state index contributed by atoms with van der Waals surface area (Å²) in [5.74, 6) is 1.52. The predicted octanol–water partition coefficient (Wildman–Crippen LogP) is 5.29. The summed E-state index contributed by atoms with van der Waals surface area (Å²) in [4.78, 5) is 33.3. The highest BCUT2D eigenvalue weighted by molar-refractivity contribution is 6.10. The first-order valence-corrected chi connectivity index (χ1v) is 11.5. The molecule has 35 heavy (non-hydrogen) atoms. The normalized spacial score (nSPS) is 15.1. The summed E-state index contributed by atoms with van der Waals surface area (Å²) in [6, 6.07) is 15.4. The first-order valence-electron chi connectivity index (χ1n) is 11.5. The van der Waals surface area contributed by atoms with Crippen LogP contribution in [-0.4, -0.2) is 24.6 Å². The van der Waals surface area contributed by atoms with E-state index in [1.807, 2.05) is 31.2 Å². The third-order valence-electron chi connectivity index (χ3n) is 6.00. The lowest BCUT2D eigenvalue weighted by Crippen LogP contribution is -2.30. The maximum atomic E-state index is 13.7. The number of carbonyl (C=O) groups excluding carboxylic acids is 1. The highest BCUT2D eigenvalue weighted by Gasteiger charge is 2.44. The van der Waals surface area contributed by atoms with Crippen LogP contribution in [0.3, 0.4) is 0 Å². The van der Waals surface area contributed by atoms with Crippen LogP contribution in [0.2, 0.25) is 0 Å². The molecule has 7 nitrogen and oxygen atoms in total. The minimum atomic E-state index is -0.735. The van der Waals surface area contributed by atoms with Gasteiger partial charge in [-0.2, -0.15) is 0 Å². The van der Waals surface area contributed by atoms with Crippen LogP contribution in [0.25, 0.3) is 11.0 Å². The zero-order valence-electron chi connectivity index (χ0n) is 20.1. The Bertz CT molecular complexity index is 1490. The molecule has 1 amide bonds. The number of aryl methyl sites for hydroxylation is 1. The number of aromatic nitrogens is 1. The lowest BCUT2D eigenvalue weighted by atomic mass is 9.98. The van der Waals surface area contributed by atoms with Crippen molar-refractivity contribution in [3.63, 3.8) is 0 Å². The molecule has 0 saturated carbocycles. The molecule has 178 valence electrons. The number of benzene rings is 2. The van der Waals surface area contributed by atoms with Gasteiger partial charge in [0.1, 0.15) is 11.4 Å². The molecule has 0 unspecified atom stereocenters. The number of ether oxygens (including phenoxy) is 2. The molecular formula is C28H26N2O5. The Hall–Kier alpha value is -4.13. The first-order chi connectivity index (χ1) is 16.9. The number of hydrogen-bond donors (Lipinski definition) is 0. The van der Waals surface area contributed by atoms with Gasteiger partial charge in [0, 0.05) is 6.20 Å². The Labute approximate surface area is 202 Å². The number of para-hydroxylation sites is 1. The minimum absolute atomic E-state index is 0.0288. The van der Waals surface area contributed by atoms with Crippen LogP contribution in [0, 0.1) is 12.8 Å². The van der Waals surface area contributed by atoms with Gasteiger partial charge in [0.25, 0.3) is 5.91 Å². The molecule has 1 atom stereocenters. The average molecular weight is 471 g/mol. The summed E-state index contributed by atoms with van der Waals surface area (Å²) in [5, 5.41) is 0.423. The summed E-state index contributed by atoms with van der Waals surface area (Å²) in [6.45, 7) is 6.60. The average Bonchev–Trinajstić information content (AvgIpc) is 3.15. The molecule has 0 spiro atoms.